The second kappa shape index (κ2) is 9.61. The molecule has 0 saturated heterocycles. The first-order valence-corrected chi connectivity index (χ1v) is 11.1. The van der Waals surface area contributed by atoms with E-state index in [9.17, 15) is 14.7 Å². The predicted molar refractivity (Wildman–Crippen MR) is 122 cm³/mol. The number of carboxylic acid groups (broad SMARTS) is 1. The number of ketones is 1. The van der Waals surface area contributed by atoms with Crippen molar-refractivity contribution in [2.75, 3.05) is 0 Å². The third-order valence-corrected chi connectivity index (χ3v) is 6.04. The molecule has 0 bridgehead atoms. The van der Waals surface area contributed by atoms with Crippen molar-refractivity contribution < 1.29 is 19.4 Å². The fourth-order valence-electron chi connectivity index (χ4n) is 3.70. The summed E-state index contributed by atoms with van der Waals surface area (Å²) in [7, 11) is 0. The van der Waals surface area contributed by atoms with E-state index in [0.29, 0.717) is 17.2 Å². The van der Waals surface area contributed by atoms with Gasteiger partial charge in [-0.05, 0) is 86.2 Å². The van der Waals surface area contributed by atoms with Gasteiger partial charge in [-0.25, -0.2) is 4.79 Å². The molecule has 0 unspecified atom stereocenters. The molecule has 30 heavy (non-hydrogen) atoms. The van der Waals surface area contributed by atoms with Crippen LogP contribution in [-0.4, -0.2) is 22.5 Å². The average molecular weight is 471 g/mol. The summed E-state index contributed by atoms with van der Waals surface area (Å²) in [6.07, 6.45) is 9.06. The van der Waals surface area contributed by atoms with Crippen LogP contribution >= 0.6 is 15.9 Å². The molecule has 0 heterocycles. The van der Waals surface area contributed by atoms with Crippen molar-refractivity contribution in [3.05, 3.63) is 69.7 Å². The maximum Gasteiger partial charge on any atom is 0.347 e. The van der Waals surface area contributed by atoms with E-state index in [0.717, 1.165) is 41.3 Å². The van der Waals surface area contributed by atoms with Crippen molar-refractivity contribution in [3.63, 3.8) is 0 Å². The van der Waals surface area contributed by atoms with Crippen molar-refractivity contribution in [2.45, 2.75) is 57.5 Å². The lowest BCUT2D eigenvalue weighted by Gasteiger charge is -2.28. The summed E-state index contributed by atoms with van der Waals surface area (Å²) in [6, 6.07) is 13.0. The minimum Gasteiger partial charge on any atom is -0.478 e. The van der Waals surface area contributed by atoms with E-state index < -0.39 is 11.6 Å². The van der Waals surface area contributed by atoms with Crippen molar-refractivity contribution in [1.29, 1.82) is 0 Å². The summed E-state index contributed by atoms with van der Waals surface area (Å²) in [5.41, 5.74) is 1.26. The van der Waals surface area contributed by atoms with Gasteiger partial charge in [0.2, 0.25) is 0 Å². The summed E-state index contributed by atoms with van der Waals surface area (Å²) in [6.45, 7) is 3.12. The first-order chi connectivity index (χ1) is 14.3. The Morgan fingerprint density at radius 1 is 1.07 bits per heavy atom. The molecule has 3 rings (SSSR count). The van der Waals surface area contributed by atoms with Crippen molar-refractivity contribution in [3.8, 4) is 5.75 Å². The van der Waals surface area contributed by atoms with Gasteiger partial charge in [-0.3, -0.25) is 4.79 Å². The topological polar surface area (TPSA) is 63.6 Å². The number of carboxylic acids is 1. The number of rotatable bonds is 7. The molecule has 0 aromatic heterocycles. The van der Waals surface area contributed by atoms with Crippen LogP contribution in [0.1, 0.15) is 73.4 Å². The predicted octanol–water partition coefficient (Wildman–Crippen LogP) is 6.63. The molecule has 1 N–H and O–H groups in total. The van der Waals surface area contributed by atoms with Gasteiger partial charge in [-0.15, -0.1) is 0 Å². The molecule has 0 aliphatic heterocycles. The molecule has 4 nitrogen and oxygen atoms in total. The zero-order valence-electron chi connectivity index (χ0n) is 17.4. The highest BCUT2D eigenvalue weighted by molar-refractivity contribution is 9.10. The SMILES string of the molecule is CC(C)(Oc1ccc(C=CC(=O)c2ccc(Br)cc2)cc1C1CCCCC1)C(=O)O. The van der Waals surface area contributed by atoms with E-state index in [1.807, 2.05) is 36.4 Å². The maximum absolute atomic E-state index is 12.5. The zero-order chi connectivity index (χ0) is 21.7. The summed E-state index contributed by atoms with van der Waals surface area (Å²) < 4.78 is 6.84. The molecular formula is C25H27BrO4. The smallest absolute Gasteiger partial charge is 0.347 e. The molecule has 0 spiro atoms. The number of hydrogen-bond acceptors (Lipinski definition) is 3. The summed E-state index contributed by atoms with van der Waals surface area (Å²) in [5, 5.41) is 9.45. The van der Waals surface area contributed by atoms with Crippen molar-refractivity contribution in [2.24, 2.45) is 0 Å². The Morgan fingerprint density at radius 3 is 2.37 bits per heavy atom. The van der Waals surface area contributed by atoms with Gasteiger partial charge in [0.05, 0.1) is 0 Å². The molecule has 1 aliphatic carbocycles. The van der Waals surface area contributed by atoms with Crippen LogP contribution in [-0.2, 0) is 4.79 Å². The Kier molecular flexibility index (Phi) is 7.14. The summed E-state index contributed by atoms with van der Waals surface area (Å²) in [4.78, 5) is 24.0. The number of hydrogen-bond donors (Lipinski definition) is 1. The number of aliphatic carboxylic acids is 1. The van der Waals surface area contributed by atoms with Crippen LogP contribution in [0, 0.1) is 0 Å². The Bertz CT molecular complexity index is 938. The van der Waals surface area contributed by atoms with Crippen molar-refractivity contribution >= 4 is 33.8 Å². The molecule has 1 fully saturated rings. The molecule has 0 atom stereocenters. The maximum atomic E-state index is 12.5. The van der Waals surface area contributed by atoms with E-state index in [-0.39, 0.29) is 5.78 Å². The second-order valence-corrected chi connectivity index (χ2v) is 9.17. The van der Waals surface area contributed by atoms with Gasteiger partial charge in [0.15, 0.2) is 11.4 Å². The van der Waals surface area contributed by atoms with E-state index in [4.69, 9.17) is 4.74 Å². The molecule has 1 saturated carbocycles. The van der Waals surface area contributed by atoms with Crippen LogP contribution in [0.2, 0.25) is 0 Å². The third kappa shape index (κ3) is 5.60. The van der Waals surface area contributed by atoms with Gasteiger partial charge in [0, 0.05) is 10.0 Å². The molecule has 2 aromatic carbocycles. The van der Waals surface area contributed by atoms with E-state index in [2.05, 4.69) is 15.9 Å². The van der Waals surface area contributed by atoms with Crippen LogP contribution in [0.4, 0.5) is 0 Å². The van der Waals surface area contributed by atoms with Gasteiger partial charge < -0.3 is 9.84 Å². The van der Waals surface area contributed by atoms with Crippen LogP contribution in [0.3, 0.4) is 0 Å². The Morgan fingerprint density at radius 2 is 1.73 bits per heavy atom. The fourth-order valence-corrected chi connectivity index (χ4v) is 3.96. The lowest BCUT2D eigenvalue weighted by atomic mass is 9.83. The van der Waals surface area contributed by atoms with Crippen LogP contribution in [0.15, 0.2) is 53.0 Å². The highest BCUT2D eigenvalue weighted by atomic mass is 79.9. The molecule has 1 aliphatic rings. The second-order valence-electron chi connectivity index (χ2n) is 8.25. The first kappa shape index (κ1) is 22.3. The molecule has 158 valence electrons. The van der Waals surface area contributed by atoms with Gasteiger partial charge in [-0.2, -0.15) is 0 Å². The molecular weight excluding hydrogens is 444 g/mol. The van der Waals surface area contributed by atoms with Crippen LogP contribution in [0.5, 0.6) is 5.75 Å². The first-order valence-electron chi connectivity index (χ1n) is 10.3. The van der Waals surface area contributed by atoms with Crippen LogP contribution in [0.25, 0.3) is 6.08 Å². The monoisotopic (exact) mass is 470 g/mol. The number of allylic oxidation sites excluding steroid dienone is 1. The third-order valence-electron chi connectivity index (χ3n) is 5.51. The quantitative estimate of drug-likeness (QED) is 0.364. The zero-order valence-corrected chi connectivity index (χ0v) is 18.9. The number of carbonyl (C=O) groups is 2. The van der Waals surface area contributed by atoms with E-state index in [1.54, 1.807) is 32.1 Å². The number of halogens is 1. The molecule has 2 aromatic rings. The standard InChI is InChI=1S/C25H27BrO4/c1-25(2,24(28)29)30-23-15-9-17(16-21(23)18-6-4-3-5-7-18)8-14-22(27)19-10-12-20(26)13-11-19/h8-16,18H,3-7H2,1-2H3,(H,28,29). The summed E-state index contributed by atoms with van der Waals surface area (Å²) in [5.74, 6) is -0.102. The summed E-state index contributed by atoms with van der Waals surface area (Å²) >= 11 is 3.37. The minimum atomic E-state index is -1.31. The number of benzene rings is 2. The highest BCUT2D eigenvalue weighted by Gasteiger charge is 2.31. The fraction of sp³-hybridized carbons (Fsp3) is 0.360. The van der Waals surface area contributed by atoms with Crippen LogP contribution < -0.4 is 4.74 Å². The van der Waals surface area contributed by atoms with Crippen molar-refractivity contribution in [1.82, 2.24) is 0 Å². The Balaban J connectivity index is 1.87. The van der Waals surface area contributed by atoms with E-state index in [1.165, 1.54) is 6.42 Å². The largest absolute Gasteiger partial charge is 0.478 e. The highest BCUT2D eigenvalue weighted by Crippen LogP contribution is 2.39. The Labute approximate surface area is 186 Å². The molecule has 0 radical (unpaired) electrons. The van der Waals surface area contributed by atoms with Gasteiger partial charge in [-0.1, -0.05) is 47.3 Å². The normalized spacial score (nSPS) is 15.3. The number of ether oxygens (including phenoxy) is 1. The molecule has 5 heteroatoms. The lowest BCUT2D eigenvalue weighted by Crippen LogP contribution is -2.38. The Hall–Kier alpha value is -2.40. The number of carbonyl (C=O) groups excluding carboxylic acids is 1. The van der Waals surface area contributed by atoms with Gasteiger partial charge in [0.1, 0.15) is 5.75 Å². The van der Waals surface area contributed by atoms with E-state index >= 15 is 0 Å². The van der Waals surface area contributed by atoms with Gasteiger partial charge >= 0.3 is 5.97 Å². The molecule has 0 amide bonds. The average Bonchev–Trinajstić information content (AvgIpc) is 2.73. The lowest BCUT2D eigenvalue weighted by molar-refractivity contribution is -0.152. The minimum absolute atomic E-state index is 0.0611. The van der Waals surface area contributed by atoms with Gasteiger partial charge in [0.25, 0.3) is 0 Å².